The summed E-state index contributed by atoms with van der Waals surface area (Å²) in [6.07, 6.45) is 2.20. The van der Waals surface area contributed by atoms with Crippen LogP contribution < -0.4 is 15.9 Å². The average molecular weight is 332 g/mol. The van der Waals surface area contributed by atoms with E-state index in [2.05, 4.69) is 122 Å². The molecule has 0 spiro atoms. The van der Waals surface area contributed by atoms with Crippen molar-refractivity contribution in [2.24, 2.45) is 0 Å². The molecule has 3 rings (SSSR count). The van der Waals surface area contributed by atoms with E-state index < -0.39 is 7.26 Å². The van der Waals surface area contributed by atoms with Crippen molar-refractivity contribution in [3.8, 4) is 0 Å². The zero-order valence-corrected chi connectivity index (χ0v) is 15.1. The third-order valence-electron chi connectivity index (χ3n) is 4.08. The maximum absolute atomic E-state index is 2.41. The Hall–Kier alpha value is -2.37. The van der Waals surface area contributed by atoms with Crippen molar-refractivity contribution >= 4 is 23.2 Å². The number of hydrogen-bond donors (Lipinski definition) is 0. The minimum atomic E-state index is -1.83. The summed E-state index contributed by atoms with van der Waals surface area (Å²) in [6.45, 7) is 0. The Morgan fingerprint density at radius 1 is 0.583 bits per heavy atom. The molecule has 3 aromatic rings. The zero-order chi connectivity index (χ0) is 16.8. The van der Waals surface area contributed by atoms with Crippen molar-refractivity contribution in [1.29, 1.82) is 0 Å². The molecule has 0 saturated carbocycles. The van der Waals surface area contributed by atoms with Crippen LogP contribution in [0.4, 0.5) is 0 Å². The molecule has 0 radical (unpaired) electrons. The normalized spacial score (nSPS) is 11.6. The van der Waals surface area contributed by atoms with Gasteiger partial charge in [0, 0.05) is 20.3 Å². The summed E-state index contributed by atoms with van der Waals surface area (Å²) < 4.78 is 0. The third-order valence-corrected chi connectivity index (χ3v) is 8.00. The van der Waals surface area contributed by atoms with Gasteiger partial charge in [0.15, 0.2) is 0 Å². The first-order valence-electron chi connectivity index (χ1n) is 8.15. The molecule has 0 aliphatic heterocycles. The van der Waals surface area contributed by atoms with Crippen molar-refractivity contribution < 1.29 is 0 Å². The van der Waals surface area contributed by atoms with E-state index in [9.17, 15) is 0 Å². The lowest BCUT2D eigenvalue weighted by atomic mass is 10.4. The Morgan fingerprint density at radius 3 is 1.21 bits per heavy atom. The topological polar surface area (TPSA) is 3.24 Å². The molecule has 0 aliphatic rings. The Labute approximate surface area is 145 Å². The Bertz CT molecular complexity index is 683. The quantitative estimate of drug-likeness (QED) is 0.638. The van der Waals surface area contributed by atoms with Crippen LogP contribution in [0.15, 0.2) is 103 Å². The predicted octanol–water partition coefficient (Wildman–Crippen LogP) is 4.01. The van der Waals surface area contributed by atoms with Crippen LogP contribution in [-0.2, 0) is 0 Å². The molecule has 0 amide bonds. The summed E-state index contributed by atoms with van der Waals surface area (Å²) in [5.74, 6) is 2.41. The van der Waals surface area contributed by atoms with Crippen molar-refractivity contribution in [1.82, 2.24) is 4.90 Å². The summed E-state index contributed by atoms with van der Waals surface area (Å²) >= 11 is 0. The first-order valence-corrected chi connectivity index (χ1v) is 10.0. The summed E-state index contributed by atoms with van der Waals surface area (Å²) in [5, 5.41) is 4.13. The summed E-state index contributed by atoms with van der Waals surface area (Å²) in [6, 6.07) is 32.6. The van der Waals surface area contributed by atoms with Crippen LogP contribution in [0.5, 0.6) is 0 Å². The van der Waals surface area contributed by atoms with Gasteiger partial charge in [-0.15, -0.1) is 0 Å². The van der Waals surface area contributed by atoms with Gasteiger partial charge in [-0.3, -0.25) is 0 Å². The van der Waals surface area contributed by atoms with Crippen molar-refractivity contribution in [2.75, 3.05) is 14.1 Å². The van der Waals surface area contributed by atoms with Crippen LogP contribution in [0.3, 0.4) is 0 Å². The maximum atomic E-state index is 2.41. The molecule has 0 aromatic heterocycles. The number of nitrogens with zero attached hydrogens (tertiary/aromatic N) is 1. The molecule has 0 atom stereocenters. The van der Waals surface area contributed by atoms with Gasteiger partial charge < -0.3 is 4.90 Å². The second-order valence-electron chi connectivity index (χ2n) is 5.99. The molecular weight excluding hydrogens is 309 g/mol. The molecule has 0 unspecified atom stereocenters. The SMILES string of the molecule is CN(C)/C=C/[P+](c1ccccc1)(c1ccccc1)c1ccccc1. The van der Waals surface area contributed by atoms with Crippen molar-refractivity contribution in [3.63, 3.8) is 0 Å². The standard InChI is InChI=1S/C22H23NP/c1-23(2)18-19-24(20-12-6-3-7-13-20,21-14-8-4-9-15-21)22-16-10-5-11-17-22/h3-19H,1-2H3/q+1/b19-18+. The molecule has 120 valence electrons. The van der Waals surface area contributed by atoms with Gasteiger partial charge in [-0.25, -0.2) is 0 Å². The lowest BCUT2D eigenvalue weighted by Crippen LogP contribution is -2.29. The number of benzene rings is 3. The minimum absolute atomic E-state index is 1.38. The second-order valence-corrected chi connectivity index (χ2v) is 9.28. The fraction of sp³-hybridized carbons (Fsp3) is 0.0909. The number of rotatable bonds is 5. The van der Waals surface area contributed by atoms with Crippen molar-refractivity contribution in [3.05, 3.63) is 103 Å². The van der Waals surface area contributed by atoms with Gasteiger partial charge in [-0.1, -0.05) is 54.6 Å². The highest BCUT2D eigenvalue weighted by Gasteiger charge is 2.43. The first kappa shape index (κ1) is 16.5. The van der Waals surface area contributed by atoms with Gasteiger partial charge in [-0.2, -0.15) is 0 Å². The molecule has 24 heavy (non-hydrogen) atoms. The fourth-order valence-corrected chi connectivity index (χ4v) is 6.73. The highest BCUT2D eigenvalue weighted by atomic mass is 31.2. The highest BCUT2D eigenvalue weighted by Crippen LogP contribution is 2.56. The summed E-state index contributed by atoms with van der Waals surface area (Å²) in [4.78, 5) is 2.11. The lowest BCUT2D eigenvalue weighted by Gasteiger charge is -2.24. The molecule has 2 heteroatoms. The first-order chi connectivity index (χ1) is 11.7. The average Bonchev–Trinajstić information content (AvgIpc) is 2.65. The monoisotopic (exact) mass is 332 g/mol. The number of hydrogen-bond acceptors (Lipinski definition) is 1. The Kier molecular flexibility index (Phi) is 5.13. The van der Waals surface area contributed by atoms with E-state index in [-0.39, 0.29) is 0 Å². The predicted molar refractivity (Wildman–Crippen MR) is 108 cm³/mol. The Morgan fingerprint density at radius 2 is 0.917 bits per heavy atom. The molecule has 0 aliphatic carbocycles. The molecule has 3 aromatic carbocycles. The third kappa shape index (κ3) is 3.27. The lowest BCUT2D eigenvalue weighted by molar-refractivity contribution is 0.565. The summed E-state index contributed by atoms with van der Waals surface area (Å²) in [7, 11) is 2.32. The molecule has 0 fully saturated rings. The van der Waals surface area contributed by atoms with Crippen LogP contribution >= 0.6 is 7.26 Å². The minimum Gasteiger partial charge on any atom is -0.381 e. The molecule has 1 nitrogen and oxygen atoms in total. The maximum Gasteiger partial charge on any atom is 0.138 e. The van der Waals surface area contributed by atoms with E-state index in [1.165, 1.54) is 15.9 Å². The summed E-state index contributed by atoms with van der Waals surface area (Å²) in [5.41, 5.74) is 0. The van der Waals surface area contributed by atoms with Gasteiger partial charge in [0.1, 0.15) is 23.2 Å². The molecule has 0 bridgehead atoms. The Balaban J connectivity index is 2.33. The van der Waals surface area contributed by atoms with E-state index in [0.717, 1.165) is 0 Å². The van der Waals surface area contributed by atoms with Crippen LogP contribution in [0.25, 0.3) is 0 Å². The molecule has 0 heterocycles. The van der Waals surface area contributed by atoms with Crippen LogP contribution in [0, 0.1) is 0 Å². The van der Waals surface area contributed by atoms with E-state index in [0.29, 0.717) is 0 Å². The van der Waals surface area contributed by atoms with Crippen molar-refractivity contribution in [2.45, 2.75) is 0 Å². The van der Waals surface area contributed by atoms with Gasteiger partial charge in [0.25, 0.3) is 0 Å². The van der Waals surface area contributed by atoms with Gasteiger partial charge in [0.2, 0.25) is 0 Å². The largest absolute Gasteiger partial charge is 0.381 e. The fourth-order valence-electron chi connectivity index (χ4n) is 2.93. The van der Waals surface area contributed by atoms with Crippen LogP contribution in [0.1, 0.15) is 0 Å². The zero-order valence-electron chi connectivity index (χ0n) is 14.2. The van der Waals surface area contributed by atoms with Crippen LogP contribution in [-0.4, -0.2) is 19.0 Å². The van der Waals surface area contributed by atoms with E-state index in [1.54, 1.807) is 0 Å². The smallest absolute Gasteiger partial charge is 0.138 e. The van der Waals surface area contributed by atoms with Gasteiger partial charge in [0.05, 0.1) is 5.82 Å². The van der Waals surface area contributed by atoms with E-state index in [1.807, 2.05) is 0 Å². The highest BCUT2D eigenvalue weighted by molar-refractivity contribution is 7.98. The van der Waals surface area contributed by atoms with E-state index >= 15 is 0 Å². The van der Waals surface area contributed by atoms with Crippen LogP contribution in [0.2, 0.25) is 0 Å². The van der Waals surface area contributed by atoms with Gasteiger partial charge >= 0.3 is 0 Å². The molecule has 0 N–H and O–H groups in total. The second kappa shape index (κ2) is 7.47. The van der Waals surface area contributed by atoms with Gasteiger partial charge in [-0.05, 0) is 36.4 Å². The molecular formula is C22H23NP+. The van der Waals surface area contributed by atoms with E-state index in [4.69, 9.17) is 0 Å². The molecule has 0 saturated heterocycles.